The van der Waals surface area contributed by atoms with Gasteiger partial charge < -0.3 is 18.9 Å². The molecule has 0 aliphatic rings. The molecule has 0 amide bonds. The third kappa shape index (κ3) is 6.93. The van der Waals surface area contributed by atoms with Crippen LogP contribution >= 0.6 is 0 Å². The third-order valence-corrected chi connectivity index (χ3v) is 5.90. The Bertz CT molecular complexity index is 1300. The van der Waals surface area contributed by atoms with Gasteiger partial charge >= 0.3 is 0 Å². The Kier molecular flexibility index (Phi) is 10.0. The van der Waals surface area contributed by atoms with E-state index in [1.54, 1.807) is 22.4 Å². The first-order valence-corrected chi connectivity index (χ1v) is 12.0. The maximum Gasteiger partial charge on any atom is 0.276 e. The van der Waals surface area contributed by atoms with E-state index in [9.17, 15) is 9.59 Å². The summed E-state index contributed by atoms with van der Waals surface area (Å²) in [5.74, 6) is 0.779. The molecule has 9 nitrogen and oxygen atoms in total. The number of ether oxygens (including phenoxy) is 2. The minimum atomic E-state index is -0.217. The first kappa shape index (κ1) is 26.9. The van der Waals surface area contributed by atoms with Gasteiger partial charge in [-0.3, -0.25) is 24.4 Å². The summed E-state index contributed by atoms with van der Waals surface area (Å²) < 4.78 is 14.1. The number of likely N-dealkylation sites (N-methyl/N-ethyl adjacent to an activating group) is 1. The fourth-order valence-corrected chi connectivity index (χ4v) is 3.96. The van der Waals surface area contributed by atoms with Crippen molar-refractivity contribution in [1.29, 1.82) is 0 Å². The second-order valence-electron chi connectivity index (χ2n) is 8.44. The Morgan fingerprint density at radius 1 is 1.17 bits per heavy atom. The van der Waals surface area contributed by atoms with Crippen LogP contribution in [0.25, 0.3) is 10.9 Å². The molecule has 1 N–H and O–H groups in total. The highest BCUT2D eigenvalue weighted by Gasteiger charge is 2.18. The molecule has 0 fully saturated rings. The predicted octanol–water partition coefficient (Wildman–Crippen LogP) is 2.85. The predicted molar refractivity (Wildman–Crippen MR) is 144 cm³/mol. The molecule has 9 heteroatoms. The minimum Gasteiger partial charge on any atom is -0.494 e. The Labute approximate surface area is 211 Å². The van der Waals surface area contributed by atoms with Gasteiger partial charge in [-0.15, -0.1) is 0 Å². The molecule has 0 saturated heterocycles. The number of para-hydroxylation sites is 1. The van der Waals surface area contributed by atoms with Crippen LogP contribution < -0.4 is 15.9 Å². The number of nitrogens with one attached hydrogen (secondary N) is 1. The standard InChI is InChI=1S/C27H35N5O4/c1-5-21(28-6-2)20-31-24(13-10-17-36-22-11-8-7-9-12-22)26-23(19-25(31)33)29-32(27(26)34)15-14-30(3)16-18-35-4/h5-9,11-12,19,29H,1-2,10,13-18,20H2,3-4H3. The number of hydrogen-bond donors (Lipinski definition) is 1. The van der Waals surface area contributed by atoms with Crippen LogP contribution in [0.5, 0.6) is 5.75 Å². The van der Waals surface area contributed by atoms with Crippen LogP contribution in [0, 0.1) is 0 Å². The number of methoxy groups -OCH3 is 1. The van der Waals surface area contributed by atoms with E-state index in [4.69, 9.17) is 9.47 Å². The van der Waals surface area contributed by atoms with E-state index in [2.05, 4.69) is 28.1 Å². The lowest BCUT2D eigenvalue weighted by Crippen LogP contribution is -2.30. The van der Waals surface area contributed by atoms with Crippen LogP contribution in [0.4, 0.5) is 0 Å². The van der Waals surface area contributed by atoms with E-state index >= 15 is 0 Å². The summed E-state index contributed by atoms with van der Waals surface area (Å²) in [5, 5.41) is 3.64. The first-order chi connectivity index (χ1) is 17.5. The van der Waals surface area contributed by atoms with Gasteiger partial charge in [0.25, 0.3) is 11.1 Å². The van der Waals surface area contributed by atoms with Gasteiger partial charge in [-0.05, 0) is 38.1 Å². The molecule has 2 heterocycles. The average Bonchev–Trinajstić information content (AvgIpc) is 3.20. The van der Waals surface area contributed by atoms with Crippen molar-refractivity contribution >= 4 is 16.6 Å². The second-order valence-corrected chi connectivity index (χ2v) is 8.44. The Morgan fingerprint density at radius 2 is 1.94 bits per heavy atom. The van der Waals surface area contributed by atoms with E-state index in [0.717, 1.165) is 12.3 Å². The zero-order valence-electron chi connectivity index (χ0n) is 21.1. The zero-order chi connectivity index (χ0) is 25.9. The summed E-state index contributed by atoms with van der Waals surface area (Å²) in [6.45, 7) is 10.6. The number of aliphatic imine (C=N–C) groups is 1. The van der Waals surface area contributed by atoms with Gasteiger partial charge in [-0.1, -0.05) is 31.4 Å². The highest BCUT2D eigenvalue weighted by molar-refractivity contribution is 5.95. The number of H-pyrrole nitrogens is 1. The molecule has 3 aromatic rings. The van der Waals surface area contributed by atoms with Gasteiger partial charge in [0, 0.05) is 38.2 Å². The molecule has 0 saturated carbocycles. The van der Waals surface area contributed by atoms with E-state index in [0.29, 0.717) is 61.5 Å². The molecular formula is C27H35N5O4. The summed E-state index contributed by atoms with van der Waals surface area (Å²) in [7, 11) is 3.64. The number of nitrogens with zero attached hydrogens (tertiary/aromatic N) is 4. The lowest BCUT2D eigenvalue weighted by Gasteiger charge is -2.15. The lowest BCUT2D eigenvalue weighted by molar-refractivity contribution is 0.158. The van der Waals surface area contributed by atoms with Crippen molar-refractivity contribution in [1.82, 2.24) is 19.2 Å². The molecule has 192 valence electrons. The quantitative estimate of drug-likeness (QED) is 0.260. The molecule has 0 aliphatic carbocycles. The molecule has 0 bridgehead atoms. The second kappa shape index (κ2) is 13.4. The van der Waals surface area contributed by atoms with Gasteiger partial charge in [0.1, 0.15) is 5.75 Å². The molecule has 1 aromatic carbocycles. The first-order valence-electron chi connectivity index (χ1n) is 12.0. The van der Waals surface area contributed by atoms with Crippen molar-refractivity contribution in [2.45, 2.75) is 25.9 Å². The topological polar surface area (TPSA) is 93.8 Å². The van der Waals surface area contributed by atoms with Crippen molar-refractivity contribution < 1.29 is 9.47 Å². The summed E-state index contributed by atoms with van der Waals surface area (Å²) in [6.07, 6.45) is 4.11. The third-order valence-electron chi connectivity index (χ3n) is 5.90. The van der Waals surface area contributed by atoms with E-state index in [1.807, 2.05) is 37.4 Å². The van der Waals surface area contributed by atoms with Crippen LogP contribution in [0.1, 0.15) is 12.1 Å². The van der Waals surface area contributed by atoms with Crippen LogP contribution in [-0.4, -0.2) is 65.4 Å². The number of allylic oxidation sites excluding steroid dienone is 1. The highest BCUT2D eigenvalue weighted by atomic mass is 16.5. The largest absolute Gasteiger partial charge is 0.494 e. The molecule has 2 aromatic heterocycles. The summed E-state index contributed by atoms with van der Waals surface area (Å²) in [4.78, 5) is 32.9. The SMILES string of the molecule is C=CN=C(C=C)Cn1c(CCCOc2ccccc2)c2c(=O)n(CCN(C)CCOC)[nH]c2cc1=O. The summed E-state index contributed by atoms with van der Waals surface area (Å²) in [6, 6.07) is 11.0. The van der Waals surface area contributed by atoms with Crippen molar-refractivity contribution in [2.24, 2.45) is 4.99 Å². The molecular weight excluding hydrogens is 458 g/mol. The van der Waals surface area contributed by atoms with Crippen LogP contribution in [0.2, 0.25) is 0 Å². The normalized spacial score (nSPS) is 11.8. The monoisotopic (exact) mass is 493 g/mol. The number of pyridine rings is 1. The van der Waals surface area contributed by atoms with Crippen molar-refractivity contribution in [3.8, 4) is 5.75 Å². The fourth-order valence-electron chi connectivity index (χ4n) is 3.96. The van der Waals surface area contributed by atoms with Crippen LogP contribution in [-0.2, 0) is 24.2 Å². The van der Waals surface area contributed by atoms with Gasteiger partial charge in [0.2, 0.25) is 0 Å². The summed E-state index contributed by atoms with van der Waals surface area (Å²) in [5.41, 5.74) is 1.40. The van der Waals surface area contributed by atoms with Crippen molar-refractivity contribution in [3.63, 3.8) is 0 Å². The number of benzene rings is 1. The summed E-state index contributed by atoms with van der Waals surface area (Å²) >= 11 is 0. The van der Waals surface area contributed by atoms with E-state index in [1.165, 1.54) is 12.3 Å². The number of aromatic nitrogens is 3. The Morgan fingerprint density at radius 3 is 2.64 bits per heavy atom. The Balaban J connectivity index is 1.93. The Hall–Kier alpha value is -3.69. The smallest absolute Gasteiger partial charge is 0.276 e. The van der Waals surface area contributed by atoms with Gasteiger partial charge in [0.05, 0.1) is 42.9 Å². The molecule has 0 spiro atoms. The molecule has 0 unspecified atom stereocenters. The number of aryl methyl sites for hydroxylation is 1. The van der Waals surface area contributed by atoms with Crippen molar-refractivity contribution in [3.05, 3.63) is 88.2 Å². The van der Waals surface area contributed by atoms with E-state index < -0.39 is 0 Å². The van der Waals surface area contributed by atoms with Crippen LogP contribution in [0.15, 0.2) is 76.4 Å². The van der Waals surface area contributed by atoms with Gasteiger partial charge in [-0.2, -0.15) is 0 Å². The molecule has 36 heavy (non-hydrogen) atoms. The van der Waals surface area contributed by atoms with Crippen molar-refractivity contribution in [2.75, 3.05) is 40.5 Å². The van der Waals surface area contributed by atoms with Gasteiger partial charge in [-0.25, -0.2) is 0 Å². The highest BCUT2D eigenvalue weighted by Crippen LogP contribution is 2.16. The molecule has 3 rings (SSSR count). The maximum atomic E-state index is 13.4. The molecule has 0 radical (unpaired) electrons. The van der Waals surface area contributed by atoms with Crippen LogP contribution in [0.3, 0.4) is 0 Å². The maximum absolute atomic E-state index is 13.4. The van der Waals surface area contributed by atoms with Gasteiger partial charge in [0.15, 0.2) is 0 Å². The number of hydrogen-bond acceptors (Lipinski definition) is 6. The lowest BCUT2D eigenvalue weighted by atomic mass is 10.1. The molecule has 0 aliphatic heterocycles. The van der Waals surface area contributed by atoms with E-state index in [-0.39, 0.29) is 17.7 Å². The number of fused-ring (bicyclic) bond motifs is 1. The minimum absolute atomic E-state index is 0.154. The zero-order valence-corrected chi connectivity index (χ0v) is 21.1. The fraction of sp³-hybridized carbons (Fsp3) is 0.370. The number of aromatic amines is 1. The average molecular weight is 494 g/mol. The number of rotatable bonds is 15. The molecule has 0 atom stereocenters.